The predicted molar refractivity (Wildman–Crippen MR) is 96.3 cm³/mol. The maximum Gasteiger partial charge on any atom is 0.515 e. The monoisotopic (exact) mass is 462 g/mol. The first-order chi connectivity index (χ1) is 13.5. The maximum absolute atomic E-state index is 12.5. The maximum atomic E-state index is 12.5. The highest BCUT2D eigenvalue weighted by Crippen LogP contribution is 2.21. The van der Waals surface area contributed by atoms with Crippen LogP contribution in [0.3, 0.4) is 0 Å². The van der Waals surface area contributed by atoms with Gasteiger partial charge < -0.3 is 17.7 Å². The van der Waals surface area contributed by atoms with Crippen LogP contribution in [0.15, 0.2) is 24.3 Å². The highest BCUT2D eigenvalue weighted by atomic mass is 32.2. The summed E-state index contributed by atoms with van der Waals surface area (Å²) < 4.78 is 114. The Balaban J connectivity index is 0.000000300. The summed E-state index contributed by atoms with van der Waals surface area (Å²) in [7, 11) is -1.77. The van der Waals surface area contributed by atoms with Gasteiger partial charge in [-0.2, -0.15) is 0 Å². The molecular weight excluding hydrogens is 447 g/mol. The first-order valence-electron chi connectivity index (χ1n) is 7.95. The minimum Gasteiger partial charge on any atom is -0.445 e. The summed E-state index contributed by atoms with van der Waals surface area (Å²) in [5, 5.41) is 0. The van der Waals surface area contributed by atoms with Gasteiger partial charge in [0.1, 0.15) is 35.6 Å². The minimum atomic E-state index is -6.30. The fraction of sp³-hybridized carbons (Fsp3) is 0.235. The van der Waals surface area contributed by atoms with Crippen LogP contribution in [0.1, 0.15) is 12.5 Å². The Bertz CT molecular complexity index is 941. The van der Waals surface area contributed by atoms with Gasteiger partial charge in [0.25, 0.3) is 0 Å². The van der Waals surface area contributed by atoms with Crippen LogP contribution >= 0.6 is 0 Å². The number of halogens is 8. The molecule has 0 spiro atoms. The lowest BCUT2D eigenvalue weighted by Crippen LogP contribution is -2.41. The van der Waals surface area contributed by atoms with E-state index in [0.717, 1.165) is 5.56 Å². The minimum absolute atomic E-state index is 0.336. The van der Waals surface area contributed by atoms with Gasteiger partial charge in [0.05, 0.1) is 9.93 Å². The predicted octanol–water partition coefficient (Wildman–Crippen LogP) is 4.31. The Morgan fingerprint density at radius 3 is 1.60 bits per heavy atom. The Morgan fingerprint density at radius 1 is 0.867 bits per heavy atom. The van der Waals surface area contributed by atoms with Crippen molar-refractivity contribution in [2.45, 2.75) is 12.7 Å². The molecule has 0 aliphatic carbocycles. The lowest BCUT2D eigenvalue weighted by atomic mass is 9.79. The van der Waals surface area contributed by atoms with Crippen LogP contribution in [0.5, 0.6) is 5.75 Å². The molecule has 166 valence electrons. The van der Waals surface area contributed by atoms with E-state index in [1.54, 1.807) is 24.6 Å². The van der Waals surface area contributed by atoms with E-state index in [9.17, 15) is 43.9 Å². The normalized spacial score (nSPS) is 11.6. The number of rotatable bonds is 4. The van der Waals surface area contributed by atoms with E-state index in [1.165, 1.54) is 6.92 Å². The molecule has 2 rings (SSSR count). The Morgan fingerprint density at radius 2 is 1.27 bits per heavy atom. The van der Waals surface area contributed by atoms with E-state index < -0.39 is 51.5 Å². The lowest BCUT2D eigenvalue weighted by molar-refractivity contribution is -0.131. The van der Waals surface area contributed by atoms with Crippen molar-refractivity contribution in [3.63, 3.8) is 0 Å². The first-order valence-corrected chi connectivity index (χ1v) is 10.5. The van der Waals surface area contributed by atoms with E-state index in [-0.39, 0.29) is 5.97 Å². The molecule has 3 nitrogen and oxygen atoms in total. The largest absolute Gasteiger partial charge is 0.515 e. The van der Waals surface area contributed by atoms with Gasteiger partial charge in [-0.3, -0.25) is 4.79 Å². The molecule has 13 heteroatoms. The molecule has 0 bridgehead atoms. The molecular formula is C17H15BF8O3S. The molecule has 0 N–H and O–H groups in total. The van der Waals surface area contributed by atoms with Crippen LogP contribution in [0, 0.1) is 29.1 Å². The summed E-state index contributed by atoms with van der Waals surface area (Å²) in [4.78, 5) is 10.7. The molecule has 0 aliphatic heterocycles. The third-order valence-corrected chi connectivity index (χ3v) is 4.30. The topological polar surface area (TPSA) is 43.4 Å². The summed E-state index contributed by atoms with van der Waals surface area (Å²) in [6, 6.07) is 7.07. The van der Waals surface area contributed by atoms with Gasteiger partial charge in [0, 0.05) is 12.5 Å². The summed E-state index contributed by atoms with van der Waals surface area (Å²) in [5.74, 6) is -12.8. The molecule has 0 fully saturated rings. The molecule has 30 heavy (non-hydrogen) atoms. The molecule has 0 saturated heterocycles. The quantitative estimate of drug-likeness (QED) is 0.130. The van der Waals surface area contributed by atoms with Gasteiger partial charge in [0.15, 0.2) is 17.5 Å². The smallest absolute Gasteiger partial charge is 0.445 e. The molecule has 0 aliphatic rings. The molecule has 0 radical (unpaired) electrons. The van der Waals surface area contributed by atoms with E-state index in [4.69, 9.17) is 4.74 Å². The van der Waals surface area contributed by atoms with Gasteiger partial charge >= 0.3 is 12.9 Å². The van der Waals surface area contributed by atoms with E-state index in [2.05, 4.69) is 0 Å². The zero-order valence-corrected chi connectivity index (χ0v) is 16.6. The van der Waals surface area contributed by atoms with Crippen molar-refractivity contribution in [3.8, 4) is 5.75 Å². The van der Waals surface area contributed by atoms with Gasteiger partial charge in [-0.05, 0) is 17.6 Å². The van der Waals surface area contributed by atoms with E-state index in [0.29, 0.717) is 11.5 Å². The number of ether oxygens (including phenoxy) is 1. The lowest BCUT2D eigenvalue weighted by Gasteiger charge is -2.17. The van der Waals surface area contributed by atoms with Gasteiger partial charge in [-0.15, -0.1) is 4.21 Å². The summed E-state index contributed by atoms with van der Waals surface area (Å²) in [6.45, 7) is -4.94. The van der Waals surface area contributed by atoms with Crippen LogP contribution < -0.4 is 10.2 Å². The van der Waals surface area contributed by atoms with Crippen molar-refractivity contribution >= 4 is 28.3 Å². The van der Waals surface area contributed by atoms with E-state index in [1.807, 2.05) is 12.1 Å². The van der Waals surface area contributed by atoms with Crippen LogP contribution in [0.4, 0.5) is 34.9 Å². The van der Waals surface area contributed by atoms with Crippen LogP contribution in [0.2, 0.25) is 0 Å². The van der Waals surface area contributed by atoms with Crippen LogP contribution in [-0.2, 0) is 24.7 Å². The molecule has 0 unspecified atom stereocenters. The molecule has 0 atom stereocenters. The van der Waals surface area contributed by atoms with Crippen LogP contribution in [-0.4, -0.2) is 25.5 Å². The summed E-state index contributed by atoms with van der Waals surface area (Å²) in [6.07, 6.45) is 3.46. The highest BCUT2D eigenvalue weighted by molar-refractivity contribution is 8.00. The number of esters is 1. The SMILES string of the molecule is CC(=O)Oc1ccc(C[S+](C)(C)=O)cc1.Fc1c(F)c(F)c([B-](F)(F)F)c(F)c1F. The van der Waals surface area contributed by atoms with Crippen molar-refractivity contribution in [1.29, 1.82) is 0 Å². The summed E-state index contributed by atoms with van der Waals surface area (Å²) in [5.41, 5.74) is -1.74. The second kappa shape index (κ2) is 9.58. The average Bonchev–Trinajstić information content (AvgIpc) is 2.58. The number of benzene rings is 2. The van der Waals surface area contributed by atoms with Crippen molar-refractivity contribution in [2.75, 3.05) is 12.5 Å². The molecule has 0 amide bonds. The van der Waals surface area contributed by atoms with Crippen molar-refractivity contribution in [2.24, 2.45) is 0 Å². The molecule has 2 aromatic rings. The van der Waals surface area contributed by atoms with Gasteiger partial charge in [-0.1, -0.05) is 12.1 Å². The number of carbonyl (C=O) groups excluding carboxylic acids is 1. The molecule has 2 aromatic carbocycles. The fourth-order valence-electron chi connectivity index (χ4n) is 2.13. The van der Waals surface area contributed by atoms with Gasteiger partial charge in [0.2, 0.25) is 0 Å². The van der Waals surface area contributed by atoms with Gasteiger partial charge in [-0.25, -0.2) is 22.0 Å². The second-order valence-electron chi connectivity index (χ2n) is 6.38. The number of hydrogen-bond acceptors (Lipinski definition) is 3. The van der Waals surface area contributed by atoms with Crippen LogP contribution in [0.25, 0.3) is 0 Å². The van der Waals surface area contributed by atoms with Crippen molar-refractivity contribution in [1.82, 2.24) is 0 Å². The Kier molecular flexibility index (Phi) is 8.18. The average molecular weight is 462 g/mol. The molecule has 0 saturated carbocycles. The van der Waals surface area contributed by atoms with E-state index >= 15 is 0 Å². The number of carbonyl (C=O) groups is 1. The number of hydrogen-bond donors (Lipinski definition) is 0. The standard InChI is InChI=1S/C11H15O3S.C6BF8/c1-9(12)14-11-6-4-10(5-7-11)8-15(2,3)13;8-2-1(7(13,14)15)3(9)5(11)6(12)4(2)10/h4-7H,8H2,1-3H3;/q+1;-1. The Hall–Kier alpha value is -2.44. The highest BCUT2D eigenvalue weighted by Gasteiger charge is 2.37. The van der Waals surface area contributed by atoms with Crippen molar-refractivity contribution < 1.29 is 48.6 Å². The fourth-order valence-corrected chi connectivity index (χ4v) is 3.13. The summed E-state index contributed by atoms with van der Waals surface area (Å²) >= 11 is 0. The Labute approximate surface area is 167 Å². The third-order valence-electron chi connectivity index (χ3n) is 3.27. The third kappa shape index (κ3) is 7.11. The zero-order valence-electron chi connectivity index (χ0n) is 15.8. The zero-order chi connectivity index (χ0) is 23.4. The molecule has 0 heterocycles. The first kappa shape index (κ1) is 25.6. The molecule has 0 aromatic heterocycles. The van der Waals surface area contributed by atoms with Crippen molar-refractivity contribution in [3.05, 3.63) is 58.9 Å². The second-order valence-corrected chi connectivity index (χ2v) is 9.54.